The molecule has 0 unspecified atom stereocenters. The summed E-state index contributed by atoms with van der Waals surface area (Å²) in [7, 11) is 0. The third kappa shape index (κ3) is 3.14. The normalized spacial score (nSPS) is 11.2. The number of amides is 1. The first-order valence-electron chi connectivity index (χ1n) is 6.54. The Morgan fingerprint density at radius 3 is 2.74 bits per heavy atom. The first kappa shape index (κ1) is 14.0. The second-order valence-electron chi connectivity index (χ2n) is 4.82. The molecule has 0 aliphatic heterocycles. The van der Waals surface area contributed by atoms with E-state index in [-0.39, 0.29) is 18.6 Å². The summed E-state index contributed by atoms with van der Waals surface area (Å²) >= 11 is 1.53. The highest BCUT2D eigenvalue weighted by Gasteiger charge is 2.20. The summed E-state index contributed by atoms with van der Waals surface area (Å²) in [4.78, 5) is 15.1. The van der Waals surface area contributed by atoms with Crippen LogP contribution in [-0.4, -0.2) is 35.1 Å². The van der Waals surface area contributed by atoms with Crippen LogP contribution in [0.4, 0.5) is 0 Å². The number of hydrogen-bond donors (Lipinski definition) is 1. The van der Waals surface area contributed by atoms with Crippen molar-refractivity contribution in [1.29, 1.82) is 0 Å². The molecule has 0 fully saturated rings. The number of thiophene rings is 1. The Bertz CT molecular complexity index is 529. The summed E-state index contributed by atoms with van der Waals surface area (Å²) in [5, 5.41) is 10.0. The van der Waals surface area contributed by atoms with Crippen molar-refractivity contribution >= 4 is 27.3 Å². The van der Waals surface area contributed by atoms with Gasteiger partial charge < -0.3 is 10.0 Å². The molecule has 2 rings (SSSR count). The number of carbonyl (C=O) groups excluding carboxylic acids is 1. The summed E-state index contributed by atoms with van der Waals surface area (Å²) in [5.74, 6) is 0.0599. The number of benzene rings is 1. The molecule has 4 heteroatoms. The third-order valence-electron chi connectivity index (χ3n) is 3.08. The van der Waals surface area contributed by atoms with E-state index in [0.29, 0.717) is 13.0 Å². The number of rotatable bonds is 5. The molecule has 0 atom stereocenters. The van der Waals surface area contributed by atoms with Crippen molar-refractivity contribution in [2.45, 2.75) is 26.3 Å². The zero-order valence-electron chi connectivity index (χ0n) is 11.3. The molecule has 0 aliphatic rings. The van der Waals surface area contributed by atoms with Crippen LogP contribution >= 0.6 is 11.3 Å². The lowest BCUT2D eigenvalue weighted by molar-refractivity contribution is 0.0698. The maximum Gasteiger partial charge on any atom is 0.264 e. The van der Waals surface area contributed by atoms with Crippen LogP contribution in [-0.2, 0) is 0 Å². The lowest BCUT2D eigenvalue weighted by Crippen LogP contribution is -2.37. The van der Waals surface area contributed by atoms with E-state index in [1.165, 1.54) is 11.3 Å². The maximum absolute atomic E-state index is 12.5. The summed E-state index contributed by atoms with van der Waals surface area (Å²) in [6, 6.07) is 10.1. The summed E-state index contributed by atoms with van der Waals surface area (Å²) in [6.07, 6.45) is 0.620. The van der Waals surface area contributed by atoms with Crippen LogP contribution < -0.4 is 0 Å². The SMILES string of the molecule is CC(C)N(CCCO)C(=O)c1cc2ccccc2s1. The fraction of sp³-hybridized carbons (Fsp3) is 0.400. The van der Waals surface area contributed by atoms with E-state index in [1.807, 2.05) is 49.1 Å². The van der Waals surface area contributed by atoms with E-state index in [9.17, 15) is 4.79 Å². The topological polar surface area (TPSA) is 40.5 Å². The molecule has 0 spiro atoms. The van der Waals surface area contributed by atoms with Crippen molar-refractivity contribution in [2.24, 2.45) is 0 Å². The number of aliphatic hydroxyl groups excluding tert-OH is 1. The van der Waals surface area contributed by atoms with Crippen LogP contribution in [0.3, 0.4) is 0 Å². The largest absolute Gasteiger partial charge is 0.396 e. The molecule has 3 nitrogen and oxygen atoms in total. The van der Waals surface area contributed by atoms with Crippen LogP contribution in [0, 0.1) is 0 Å². The highest BCUT2D eigenvalue weighted by molar-refractivity contribution is 7.20. The molecule has 1 heterocycles. The van der Waals surface area contributed by atoms with Gasteiger partial charge in [-0.3, -0.25) is 4.79 Å². The molecule has 0 radical (unpaired) electrons. The van der Waals surface area contributed by atoms with Gasteiger partial charge in [-0.2, -0.15) is 0 Å². The predicted octanol–water partition coefficient (Wildman–Crippen LogP) is 3.13. The Labute approximate surface area is 117 Å². The van der Waals surface area contributed by atoms with Crippen LogP contribution in [0.5, 0.6) is 0 Å². The number of fused-ring (bicyclic) bond motifs is 1. The van der Waals surface area contributed by atoms with Gasteiger partial charge in [-0.15, -0.1) is 11.3 Å². The van der Waals surface area contributed by atoms with E-state index in [4.69, 9.17) is 5.11 Å². The van der Waals surface area contributed by atoms with Gasteiger partial charge in [0.05, 0.1) is 4.88 Å². The maximum atomic E-state index is 12.5. The van der Waals surface area contributed by atoms with E-state index in [2.05, 4.69) is 0 Å². The van der Waals surface area contributed by atoms with Crippen molar-refractivity contribution < 1.29 is 9.90 Å². The minimum atomic E-state index is 0.0599. The second kappa shape index (κ2) is 6.17. The van der Waals surface area contributed by atoms with Crippen LogP contribution in [0.2, 0.25) is 0 Å². The number of carbonyl (C=O) groups is 1. The monoisotopic (exact) mass is 277 g/mol. The van der Waals surface area contributed by atoms with Crippen LogP contribution in [0.1, 0.15) is 29.9 Å². The number of hydrogen-bond acceptors (Lipinski definition) is 3. The Morgan fingerprint density at radius 1 is 1.37 bits per heavy atom. The molecule has 0 saturated heterocycles. The average Bonchev–Trinajstić information content (AvgIpc) is 2.82. The molecular weight excluding hydrogens is 258 g/mol. The Balaban J connectivity index is 2.25. The molecule has 1 aromatic heterocycles. The number of nitrogens with zero attached hydrogens (tertiary/aromatic N) is 1. The van der Waals surface area contributed by atoms with Crippen molar-refractivity contribution in [3.05, 3.63) is 35.2 Å². The zero-order valence-corrected chi connectivity index (χ0v) is 12.1. The Hall–Kier alpha value is -1.39. The highest BCUT2D eigenvalue weighted by atomic mass is 32.1. The summed E-state index contributed by atoms with van der Waals surface area (Å²) in [6.45, 7) is 4.72. The van der Waals surface area contributed by atoms with Gasteiger partial charge in [0, 0.05) is 23.9 Å². The van der Waals surface area contributed by atoms with E-state index in [1.54, 1.807) is 0 Å². The molecule has 2 aromatic rings. The average molecular weight is 277 g/mol. The fourth-order valence-electron chi connectivity index (χ4n) is 2.06. The minimum Gasteiger partial charge on any atom is -0.396 e. The van der Waals surface area contributed by atoms with Gasteiger partial charge >= 0.3 is 0 Å². The van der Waals surface area contributed by atoms with Gasteiger partial charge in [0.25, 0.3) is 5.91 Å². The van der Waals surface area contributed by atoms with Gasteiger partial charge in [0.2, 0.25) is 0 Å². The first-order chi connectivity index (χ1) is 9.13. The smallest absolute Gasteiger partial charge is 0.264 e. The molecule has 1 aromatic carbocycles. The van der Waals surface area contributed by atoms with Crippen molar-refractivity contribution in [3.8, 4) is 0 Å². The lowest BCUT2D eigenvalue weighted by atomic mass is 10.2. The Kier molecular flexibility index (Phi) is 4.56. The summed E-state index contributed by atoms with van der Waals surface area (Å²) < 4.78 is 1.14. The standard InChI is InChI=1S/C15H19NO2S/c1-11(2)16(8-5-9-17)15(18)14-10-12-6-3-4-7-13(12)19-14/h3-4,6-7,10-11,17H,5,8-9H2,1-2H3. The number of aliphatic hydroxyl groups is 1. The molecule has 1 N–H and O–H groups in total. The van der Waals surface area contributed by atoms with Crippen molar-refractivity contribution in [3.63, 3.8) is 0 Å². The Morgan fingerprint density at radius 2 is 2.11 bits per heavy atom. The lowest BCUT2D eigenvalue weighted by Gasteiger charge is -2.25. The molecular formula is C15H19NO2S. The summed E-state index contributed by atoms with van der Waals surface area (Å²) in [5.41, 5.74) is 0. The third-order valence-corrected chi connectivity index (χ3v) is 4.18. The van der Waals surface area contributed by atoms with E-state index >= 15 is 0 Å². The molecule has 19 heavy (non-hydrogen) atoms. The molecule has 0 bridgehead atoms. The van der Waals surface area contributed by atoms with E-state index in [0.717, 1.165) is 15.0 Å². The molecule has 1 amide bonds. The van der Waals surface area contributed by atoms with Gasteiger partial charge in [-0.1, -0.05) is 18.2 Å². The van der Waals surface area contributed by atoms with E-state index < -0.39 is 0 Å². The quantitative estimate of drug-likeness (QED) is 0.912. The first-order valence-corrected chi connectivity index (χ1v) is 7.35. The van der Waals surface area contributed by atoms with Crippen LogP contribution in [0.15, 0.2) is 30.3 Å². The fourth-order valence-corrected chi connectivity index (χ4v) is 3.08. The highest BCUT2D eigenvalue weighted by Crippen LogP contribution is 2.26. The van der Waals surface area contributed by atoms with Crippen molar-refractivity contribution in [2.75, 3.05) is 13.2 Å². The second-order valence-corrected chi connectivity index (χ2v) is 5.90. The van der Waals surface area contributed by atoms with Crippen LogP contribution in [0.25, 0.3) is 10.1 Å². The zero-order chi connectivity index (χ0) is 13.8. The molecule has 102 valence electrons. The van der Waals surface area contributed by atoms with Gasteiger partial charge in [-0.25, -0.2) is 0 Å². The predicted molar refractivity (Wildman–Crippen MR) is 79.7 cm³/mol. The van der Waals surface area contributed by atoms with Gasteiger partial charge in [-0.05, 0) is 37.8 Å². The van der Waals surface area contributed by atoms with Gasteiger partial charge in [0.15, 0.2) is 0 Å². The van der Waals surface area contributed by atoms with Crippen molar-refractivity contribution in [1.82, 2.24) is 4.90 Å². The molecule has 0 saturated carbocycles. The molecule has 0 aliphatic carbocycles. The van der Waals surface area contributed by atoms with Gasteiger partial charge in [0.1, 0.15) is 0 Å². The minimum absolute atomic E-state index is 0.0599.